The molecule has 1 N–H and O–H groups in total. The Kier molecular flexibility index (Phi) is 4.37. The summed E-state index contributed by atoms with van der Waals surface area (Å²) in [6, 6.07) is 14.7. The van der Waals surface area contributed by atoms with Crippen LogP contribution in [0.5, 0.6) is 5.75 Å². The monoisotopic (exact) mass is 382 g/mol. The zero-order valence-electron chi connectivity index (χ0n) is 15.4. The van der Waals surface area contributed by atoms with Gasteiger partial charge in [-0.2, -0.15) is 0 Å². The standard InChI is InChI=1S/C21H22N2OS2/c1-5-24-15-10-11-16-17(12-15)23-21(3,4)19-18(16)25-20(26-19)22-14-8-6-13(2)7-9-14/h6-12,23H,5H2,1-4H3. The van der Waals surface area contributed by atoms with Crippen molar-refractivity contribution in [3.63, 3.8) is 0 Å². The zero-order valence-corrected chi connectivity index (χ0v) is 17.1. The highest BCUT2D eigenvalue weighted by Crippen LogP contribution is 2.47. The molecule has 0 saturated heterocycles. The van der Waals surface area contributed by atoms with Crippen molar-refractivity contribution in [3.8, 4) is 16.2 Å². The molecule has 0 fully saturated rings. The van der Waals surface area contributed by atoms with Crippen LogP contribution in [0, 0.1) is 6.92 Å². The molecule has 0 aliphatic carbocycles. The lowest BCUT2D eigenvalue weighted by molar-refractivity contribution is 0.340. The molecule has 0 unspecified atom stereocenters. The van der Waals surface area contributed by atoms with E-state index in [1.54, 1.807) is 22.7 Å². The number of fused-ring (bicyclic) bond motifs is 3. The fourth-order valence-electron chi connectivity index (χ4n) is 3.12. The maximum atomic E-state index is 5.67. The van der Waals surface area contributed by atoms with E-state index in [4.69, 9.17) is 9.73 Å². The lowest BCUT2D eigenvalue weighted by atomic mass is 9.93. The van der Waals surface area contributed by atoms with E-state index in [-0.39, 0.29) is 5.54 Å². The predicted octanol–water partition coefficient (Wildman–Crippen LogP) is 6.08. The van der Waals surface area contributed by atoms with Crippen LogP contribution in [-0.2, 0) is 5.54 Å². The van der Waals surface area contributed by atoms with E-state index in [1.807, 2.05) is 13.0 Å². The number of anilines is 1. The summed E-state index contributed by atoms with van der Waals surface area (Å²) in [4.78, 5) is 7.50. The quantitative estimate of drug-likeness (QED) is 0.596. The minimum atomic E-state index is -0.130. The number of hydrogen-bond acceptors (Lipinski definition) is 5. The third kappa shape index (κ3) is 3.17. The van der Waals surface area contributed by atoms with Crippen LogP contribution in [0.3, 0.4) is 0 Å². The Morgan fingerprint density at radius 2 is 1.85 bits per heavy atom. The summed E-state index contributed by atoms with van der Waals surface area (Å²) in [6.45, 7) is 9.22. The molecule has 0 atom stereocenters. The second-order valence-corrected chi connectivity index (χ2v) is 9.22. The molecule has 0 bridgehead atoms. The van der Waals surface area contributed by atoms with Crippen LogP contribution in [-0.4, -0.2) is 6.61 Å². The topological polar surface area (TPSA) is 33.6 Å². The van der Waals surface area contributed by atoms with Gasteiger partial charge in [-0.3, -0.25) is 0 Å². The first-order valence-corrected chi connectivity index (χ1v) is 10.4. The number of ether oxygens (including phenoxy) is 1. The smallest absolute Gasteiger partial charge is 0.171 e. The van der Waals surface area contributed by atoms with Crippen molar-refractivity contribution in [1.82, 2.24) is 0 Å². The molecule has 2 aromatic carbocycles. The average Bonchev–Trinajstić information content (AvgIpc) is 3.02. The molecule has 0 radical (unpaired) electrons. The van der Waals surface area contributed by atoms with E-state index in [0.717, 1.165) is 21.1 Å². The van der Waals surface area contributed by atoms with Gasteiger partial charge >= 0.3 is 0 Å². The van der Waals surface area contributed by atoms with Crippen molar-refractivity contribution < 1.29 is 4.74 Å². The van der Waals surface area contributed by atoms with Crippen LogP contribution in [0.4, 0.5) is 11.4 Å². The van der Waals surface area contributed by atoms with Crippen molar-refractivity contribution in [1.29, 1.82) is 0 Å². The second kappa shape index (κ2) is 6.56. The Balaban J connectivity index is 1.83. The van der Waals surface area contributed by atoms with Crippen LogP contribution >= 0.6 is 22.7 Å². The number of nitrogens with zero attached hydrogens (tertiary/aromatic N) is 1. The molecule has 5 heteroatoms. The van der Waals surface area contributed by atoms with E-state index >= 15 is 0 Å². The van der Waals surface area contributed by atoms with Crippen molar-refractivity contribution in [2.24, 2.45) is 4.99 Å². The van der Waals surface area contributed by atoms with E-state index in [2.05, 4.69) is 62.5 Å². The average molecular weight is 383 g/mol. The maximum absolute atomic E-state index is 5.67. The van der Waals surface area contributed by atoms with Crippen LogP contribution in [0.1, 0.15) is 31.2 Å². The molecule has 134 valence electrons. The first kappa shape index (κ1) is 17.3. The van der Waals surface area contributed by atoms with Crippen LogP contribution in [0.2, 0.25) is 0 Å². The van der Waals surface area contributed by atoms with E-state index in [0.29, 0.717) is 6.61 Å². The van der Waals surface area contributed by atoms with Crippen LogP contribution in [0.15, 0.2) is 47.5 Å². The number of rotatable bonds is 3. The first-order chi connectivity index (χ1) is 12.5. The number of nitrogens with one attached hydrogen (secondary N) is 1. The molecule has 1 aliphatic heterocycles. The van der Waals surface area contributed by atoms with Crippen LogP contribution < -0.4 is 14.0 Å². The molecule has 2 heterocycles. The summed E-state index contributed by atoms with van der Waals surface area (Å²) >= 11 is 3.55. The lowest BCUT2D eigenvalue weighted by Gasteiger charge is -2.33. The van der Waals surface area contributed by atoms with E-state index in [9.17, 15) is 0 Å². The molecular weight excluding hydrogens is 360 g/mol. The Labute approximate surface area is 162 Å². The first-order valence-electron chi connectivity index (χ1n) is 8.77. The van der Waals surface area contributed by atoms with Gasteiger partial charge in [-0.25, -0.2) is 4.99 Å². The normalized spacial score (nSPS) is 15.2. The summed E-state index contributed by atoms with van der Waals surface area (Å²) in [5, 5.41) is 3.67. The lowest BCUT2D eigenvalue weighted by Crippen LogP contribution is -2.30. The summed E-state index contributed by atoms with van der Waals surface area (Å²) < 4.78 is 6.75. The van der Waals surface area contributed by atoms with E-state index < -0.39 is 0 Å². The van der Waals surface area contributed by atoms with Gasteiger partial charge in [-0.1, -0.05) is 17.7 Å². The number of aryl methyl sites for hydroxylation is 1. The van der Waals surface area contributed by atoms with Gasteiger partial charge < -0.3 is 10.1 Å². The molecule has 0 saturated carbocycles. The summed E-state index contributed by atoms with van der Waals surface area (Å²) in [5.41, 5.74) is 4.49. The molecule has 0 amide bonds. The number of benzene rings is 2. The second-order valence-electron chi connectivity index (χ2n) is 6.97. The van der Waals surface area contributed by atoms with Crippen molar-refractivity contribution >= 4 is 34.0 Å². The maximum Gasteiger partial charge on any atom is 0.171 e. The Morgan fingerprint density at radius 3 is 2.58 bits per heavy atom. The van der Waals surface area contributed by atoms with Gasteiger partial charge in [0.15, 0.2) is 3.98 Å². The van der Waals surface area contributed by atoms with Gasteiger partial charge in [-0.15, -0.1) is 22.7 Å². The van der Waals surface area contributed by atoms with E-state index in [1.165, 1.54) is 20.9 Å². The Bertz CT molecular complexity index is 1010. The van der Waals surface area contributed by atoms with Crippen molar-refractivity contribution in [2.75, 3.05) is 11.9 Å². The molecule has 4 rings (SSSR count). The predicted molar refractivity (Wildman–Crippen MR) is 112 cm³/mol. The van der Waals surface area contributed by atoms with Gasteiger partial charge in [0, 0.05) is 17.3 Å². The van der Waals surface area contributed by atoms with Crippen molar-refractivity contribution in [3.05, 3.63) is 56.9 Å². The fraction of sp³-hybridized carbons (Fsp3) is 0.286. The molecule has 1 aromatic heterocycles. The number of hydrogen-bond donors (Lipinski definition) is 1. The van der Waals surface area contributed by atoms with Gasteiger partial charge in [0.2, 0.25) is 0 Å². The minimum Gasteiger partial charge on any atom is -0.494 e. The fourth-order valence-corrected chi connectivity index (χ4v) is 5.83. The molecular formula is C21H22N2OS2. The third-order valence-electron chi connectivity index (χ3n) is 4.40. The van der Waals surface area contributed by atoms with Crippen LogP contribution in [0.25, 0.3) is 10.4 Å². The highest BCUT2D eigenvalue weighted by atomic mass is 32.2. The van der Waals surface area contributed by atoms with Gasteiger partial charge in [0.05, 0.1) is 27.6 Å². The summed E-state index contributed by atoms with van der Waals surface area (Å²) in [6.07, 6.45) is 0. The van der Waals surface area contributed by atoms with Gasteiger partial charge in [0.25, 0.3) is 0 Å². The minimum absolute atomic E-state index is 0.130. The molecule has 3 aromatic rings. The molecule has 26 heavy (non-hydrogen) atoms. The van der Waals surface area contributed by atoms with Gasteiger partial charge in [-0.05, 0) is 52.0 Å². The Morgan fingerprint density at radius 1 is 1.08 bits per heavy atom. The Hall–Kier alpha value is -2.11. The third-order valence-corrected chi connectivity index (χ3v) is 7.11. The van der Waals surface area contributed by atoms with Gasteiger partial charge in [0.1, 0.15) is 5.75 Å². The largest absolute Gasteiger partial charge is 0.494 e. The summed E-state index contributed by atoms with van der Waals surface area (Å²) in [7, 11) is 0. The SMILES string of the molecule is CCOc1ccc2c(c1)NC(C)(C)c1sc(=Nc3ccc(C)cc3)sc1-2. The highest BCUT2D eigenvalue weighted by Gasteiger charge is 2.33. The molecule has 0 spiro atoms. The zero-order chi connectivity index (χ0) is 18.3. The highest BCUT2D eigenvalue weighted by molar-refractivity contribution is 7.30. The van der Waals surface area contributed by atoms with Crippen molar-refractivity contribution in [2.45, 2.75) is 33.2 Å². The molecule has 3 nitrogen and oxygen atoms in total. The summed E-state index contributed by atoms with van der Waals surface area (Å²) in [5.74, 6) is 0.905. The molecule has 1 aliphatic rings.